The lowest BCUT2D eigenvalue weighted by atomic mass is 10.1. The van der Waals surface area contributed by atoms with Gasteiger partial charge in [-0.1, -0.05) is 61.3 Å². The first-order chi connectivity index (χ1) is 14.2. The Bertz CT molecular complexity index is 887. The highest BCUT2D eigenvalue weighted by Gasteiger charge is 2.26. The summed E-state index contributed by atoms with van der Waals surface area (Å²) in [6.07, 6.45) is 0. The molecule has 1 N–H and O–H groups in total. The molecule has 0 aliphatic heterocycles. The molecular weight excluding hydrogens is 423 g/mol. The van der Waals surface area contributed by atoms with Crippen LogP contribution in [0.15, 0.2) is 42.5 Å². The van der Waals surface area contributed by atoms with Gasteiger partial charge in [-0.2, -0.15) is 0 Å². The van der Waals surface area contributed by atoms with Gasteiger partial charge in [-0.15, -0.1) is 0 Å². The zero-order valence-corrected chi connectivity index (χ0v) is 19.3. The standard InChI is InChI=1S/C23H28Cl2N2O3/c1-15(2)12-26-23(29)17(4)27(13-18-9-10-19(24)20(25)11-18)22(28)14-30-21-8-6-5-7-16(21)3/h5-11,15,17H,12-14H2,1-4H3,(H,26,29)/t17-/m1/s1. The van der Waals surface area contributed by atoms with Gasteiger partial charge in [-0.05, 0) is 49.1 Å². The van der Waals surface area contributed by atoms with E-state index in [1.54, 1.807) is 25.1 Å². The second-order valence-corrected chi connectivity index (χ2v) is 8.45. The first kappa shape index (κ1) is 24.0. The number of amides is 2. The molecule has 1 atom stereocenters. The third kappa shape index (κ3) is 6.92. The molecule has 2 amide bonds. The Balaban J connectivity index is 2.18. The average molecular weight is 451 g/mol. The van der Waals surface area contributed by atoms with E-state index in [1.165, 1.54) is 4.90 Å². The monoisotopic (exact) mass is 450 g/mol. The lowest BCUT2D eigenvalue weighted by Crippen LogP contribution is -2.49. The number of hydrogen-bond acceptors (Lipinski definition) is 3. The van der Waals surface area contributed by atoms with Gasteiger partial charge in [0.2, 0.25) is 5.91 Å². The summed E-state index contributed by atoms with van der Waals surface area (Å²) in [5, 5.41) is 3.72. The van der Waals surface area contributed by atoms with Crippen LogP contribution in [-0.2, 0) is 16.1 Å². The maximum atomic E-state index is 13.0. The van der Waals surface area contributed by atoms with E-state index in [-0.39, 0.29) is 25.0 Å². The van der Waals surface area contributed by atoms with E-state index in [0.29, 0.717) is 28.3 Å². The summed E-state index contributed by atoms with van der Waals surface area (Å²) in [7, 11) is 0. The SMILES string of the molecule is Cc1ccccc1OCC(=O)N(Cc1ccc(Cl)c(Cl)c1)[C@H](C)C(=O)NCC(C)C. The van der Waals surface area contributed by atoms with Crippen molar-refractivity contribution in [2.45, 2.75) is 40.3 Å². The number of rotatable bonds is 9. The second kappa shape index (κ2) is 11.2. The maximum absolute atomic E-state index is 13.0. The van der Waals surface area contributed by atoms with Crippen molar-refractivity contribution in [3.63, 3.8) is 0 Å². The number of aryl methyl sites for hydroxylation is 1. The zero-order valence-electron chi connectivity index (χ0n) is 17.7. The van der Waals surface area contributed by atoms with E-state index in [2.05, 4.69) is 5.32 Å². The highest BCUT2D eigenvalue weighted by molar-refractivity contribution is 6.42. The fraction of sp³-hybridized carbons (Fsp3) is 0.391. The summed E-state index contributed by atoms with van der Waals surface area (Å²) >= 11 is 12.1. The molecule has 30 heavy (non-hydrogen) atoms. The van der Waals surface area contributed by atoms with Crippen LogP contribution in [0, 0.1) is 12.8 Å². The van der Waals surface area contributed by atoms with Crippen molar-refractivity contribution in [2.75, 3.05) is 13.2 Å². The molecular formula is C23H28Cl2N2O3. The summed E-state index contributed by atoms with van der Waals surface area (Å²) in [5.41, 5.74) is 1.71. The molecule has 162 valence electrons. The number of halogens is 2. The molecule has 0 fully saturated rings. The van der Waals surface area contributed by atoms with E-state index < -0.39 is 6.04 Å². The topological polar surface area (TPSA) is 58.6 Å². The molecule has 2 aromatic rings. The van der Waals surface area contributed by atoms with E-state index in [1.807, 2.05) is 45.0 Å². The number of carbonyl (C=O) groups excluding carboxylic acids is 2. The molecule has 0 radical (unpaired) electrons. The van der Waals surface area contributed by atoms with Crippen LogP contribution in [0.2, 0.25) is 10.0 Å². The van der Waals surface area contributed by atoms with Crippen LogP contribution in [0.4, 0.5) is 0 Å². The van der Waals surface area contributed by atoms with Gasteiger partial charge in [0.05, 0.1) is 10.0 Å². The summed E-state index contributed by atoms with van der Waals surface area (Å²) < 4.78 is 5.72. The fourth-order valence-corrected chi connectivity index (χ4v) is 3.13. The smallest absolute Gasteiger partial charge is 0.261 e. The summed E-state index contributed by atoms with van der Waals surface area (Å²) in [6, 6.07) is 12.0. The number of benzene rings is 2. The molecule has 2 rings (SSSR count). The lowest BCUT2D eigenvalue weighted by molar-refractivity contribution is -0.142. The van der Waals surface area contributed by atoms with Gasteiger partial charge >= 0.3 is 0 Å². The van der Waals surface area contributed by atoms with Crippen molar-refractivity contribution >= 4 is 35.0 Å². The predicted molar refractivity (Wildman–Crippen MR) is 121 cm³/mol. The van der Waals surface area contributed by atoms with E-state index in [9.17, 15) is 9.59 Å². The predicted octanol–water partition coefficient (Wildman–Crippen LogP) is 4.87. The molecule has 0 unspecified atom stereocenters. The Morgan fingerprint density at radius 1 is 1.07 bits per heavy atom. The summed E-state index contributed by atoms with van der Waals surface area (Å²) in [5.74, 6) is 0.437. The van der Waals surface area contributed by atoms with Crippen molar-refractivity contribution in [3.8, 4) is 5.75 Å². The van der Waals surface area contributed by atoms with Crippen molar-refractivity contribution in [1.82, 2.24) is 10.2 Å². The third-order valence-electron chi connectivity index (χ3n) is 4.63. The molecule has 0 heterocycles. The fourth-order valence-electron chi connectivity index (χ4n) is 2.81. The van der Waals surface area contributed by atoms with E-state index in [4.69, 9.17) is 27.9 Å². The van der Waals surface area contributed by atoms with Crippen LogP contribution in [0.5, 0.6) is 5.75 Å². The Morgan fingerprint density at radius 3 is 2.40 bits per heavy atom. The zero-order chi connectivity index (χ0) is 22.3. The normalized spacial score (nSPS) is 11.8. The number of carbonyl (C=O) groups is 2. The first-order valence-electron chi connectivity index (χ1n) is 9.88. The largest absolute Gasteiger partial charge is 0.484 e. The molecule has 5 nitrogen and oxygen atoms in total. The van der Waals surface area contributed by atoms with Crippen LogP contribution >= 0.6 is 23.2 Å². The number of nitrogens with one attached hydrogen (secondary N) is 1. The molecule has 0 aromatic heterocycles. The molecule has 0 bridgehead atoms. The van der Waals surface area contributed by atoms with E-state index >= 15 is 0 Å². The molecule has 0 aliphatic carbocycles. The van der Waals surface area contributed by atoms with E-state index in [0.717, 1.165) is 11.1 Å². The Kier molecular flexibility index (Phi) is 9.00. The van der Waals surface area contributed by atoms with Crippen LogP contribution in [0.3, 0.4) is 0 Å². The van der Waals surface area contributed by atoms with Gasteiger partial charge in [0.1, 0.15) is 11.8 Å². The Morgan fingerprint density at radius 2 is 1.77 bits per heavy atom. The van der Waals surface area contributed by atoms with Gasteiger partial charge in [-0.25, -0.2) is 0 Å². The van der Waals surface area contributed by atoms with Gasteiger partial charge in [0.25, 0.3) is 5.91 Å². The quantitative estimate of drug-likeness (QED) is 0.592. The van der Waals surface area contributed by atoms with Crippen molar-refractivity contribution in [3.05, 3.63) is 63.6 Å². The summed E-state index contributed by atoms with van der Waals surface area (Å²) in [4.78, 5) is 27.2. The third-order valence-corrected chi connectivity index (χ3v) is 5.37. The number of ether oxygens (including phenoxy) is 1. The van der Waals surface area contributed by atoms with Gasteiger partial charge in [-0.3, -0.25) is 9.59 Å². The second-order valence-electron chi connectivity index (χ2n) is 7.64. The molecule has 7 heteroatoms. The molecule has 0 spiro atoms. The minimum atomic E-state index is -0.675. The Hall–Kier alpha value is -2.24. The summed E-state index contributed by atoms with van der Waals surface area (Å²) in [6.45, 7) is 8.22. The van der Waals surface area contributed by atoms with Crippen LogP contribution < -0.4 is 10.1 Å². The molecule has 0 saturated carbocycles. The Labute approximate surface area is 188 Å². The van der Waals surface area contributed by atoms with Gasteiger partial charge < -0.3 is 15.0 Å². The van der Waals surface area contributed by atoms with Crippen molar-refractivity contribution in [1.29, 1.82) is 0 Å². The number of para-hydroxylation sites is 1. The highest BCUT2D eigenvalue weighted by Crippen LogP contribution is 2.24. The molecule has 2 aromatic carbocycles. The van der Waals surface area contributed by atoms with Crippen LogP contribution in [0.1, 0.15) is 31.9 Å². The van der Waals surface area contributed by atoms with Crippen LogP contribution in [-0.4, -0.2) is 35.9 Å². The maximum Gasteiger partial charge on any atom is 0.261 e. The molecule has 0 aliphatic rings. The average Bonchev–Trinajstić information content (AvgIpc) is 2.71. The molecule has 0 saturated heterocycles. The number of hydrogen-bond donors (Lipinski definition) is 1. The highest BCUT2D eigenvalue weighted by atomic mass is 35.5. The minimum Gasteiger partial charge on any atom is -0.484 e. The van der Waals surface area contributed by atoms with Gasteiger partial charge in [0.15, 0.2) is 6.61 Å². The minimum absolute atomic E-state index is 0.173. The van der Waals surface area contributed by atoms with Crippen molar-refractivity contribution < 1.29 is 14.3 Å². The lowest BCUT2D eigenvalue weighted by Gasteiger charge is -2.29. The van der Waals surface area contributed by atoms with Gasteiger partial charge in [0, 0.05) is 13.1 Å². The van der Waals surface area contributed by atoms with Crippen molar-refractivity contribution in [2.24, 2.45) is 5.92 Å². The number of nitrogens with zero attached hydrogens (tertiary/aromatic N) is 1. The van der Waals surface area contributed by atoms with Crippen LogP contribution in [0.25, 0.3) is 0 Å². The first-order valence-corrected chi connectivity index (χ1v) is 10.6.